The second kappa shape index (κ2) is 6.73. The summed E-state index contributed by atoms with van der Waals surface area (Å²) in [6.45, 7) is 0.582. The number of nitriles is 1. The minimum Gasteiger partial charge on any atom is -0.339 e. The molecule has 1 heterocycles. The van der Waals surface area contributed by atoms with E-state index in [1.165, 1.54) is 0 Å². The zero-order valence-corrected chi connectivity index (χ0v) is 14.1. The van der Waals surface area contributed by atoms with Crippen LogP contribution in [0.4, 0.5) is 0 Å². The number of carbonyl (C=O) groups is 1. The zero-order chi connectivity index (χ0) is 14.6. The van der Waals surface area contributed by atoms with E-state index in [0.29, 0.717) is 19.4 Å². The fourth-order valence-electron chi connectivity index (χ4n) is 2.81. The molecule has 1 aliphatic carbocycles. The minimum absolute atomic E-state index is 0.00794. The van der Waals surface area contributed by atoms with Crippen LogP contribution in [-0.2, 0) is 11.3 Å². The predicted molar refractivity (Wildman–Crippen MR) is 84.2 cm³/mol. The highest BCUT2D eigenvalue weighted by atomic mass is 79.9. The lowest BCUT2D eigenvalue weighted by Crippen LogP contribution is -2.40. The maximum absolute atomic E-state index is 12.7. The van der Waals surface area contributed by atoms with E-state index < -0.39 is 5.41 Å². The SMILES string of the molecule is CN(Cc1cc(Br)cs1)C(=O)C1(C#N)CCCCCC1. The first-order valence-electron chi connectivity index (χ1n) is 6.97. The molecule has 1 fully saturated rings. The van der Waals surface area contributed by atoms with Crippen LogP contribution in [0.3, 0.4) is 0 Å². The molecular weight excluding hydrogens is 336 g/mol. The van der Waals surface area contributed by atoms with Gasteiger partial charge in [0.2, 0.25) is 5.91 Å². The summed E-state index contributed by atoms with van der Waals surface area (Å²) >= 11 is 5.05. The third kappa shape index (κ3) is 3.42. The standard InChI is InChI=1S/C15H19BrN2OS/c1-18(9-13-8-12(16)10-20-13)14(19)15(11-17)6-4-2-3-5-7-15/h8,10H,2-7,9H2,1H3. The van der Waals surface area contributed by atoms with Gasteiger partial charge in [-0.25, -0.2) is 0 Å². The summed E-state index contributed by atoms with van der Waals surface area (Å²) < 4.78 is 1.04. The van der Waals surface area contributed by atoms with Crippen LogP contribution >= 0.6 is 27.3 Å². The van der Waals surface area contributed by atoms with E-state index in [-0.39, 0.29) is 5.91 Å². The second-order valence-electron chi connectivity index (χ2n) is 5.50. The molecule has 2 rings (SSSR count). The summed E-state index contributed by atoms with van der Waals surface area (Å²) in [5.41, 5.74) is -0.792. The summed E-state index contributed by atoms with van der Waals surface area (Å²) in [5.74, 6) is -0.00794. The lowest BCUT2D eigenvalue weighted by Gasteiger charge is -2.29. The molecule has 1 aromatic rings. The number of thiophene rings is 1. The van der Waals surface area contributed by atoms with Crippen molar-refractivity contribution < 1.29 is 4.79 Å². The molecule has 108 valence electrons. The third-order valence-corrected chi connectivity index (χ3v) is 5.62. The molecule has 1 saturated carbocycles. The predicted octanol–water partition coefficient (Wildman–Crippen LogP) is 4.33. The molecule has 0 atom stereocenters. The molecule has 5 heteroatoms. The molecule has 0 bridgehead atoms. The molecule has 0 aliphatic heterocycles. The van der Waals surface area contributed by atoms with Crippen LogP contribution in [0.1, 0.15) is 43.4 Å². The van der Waals surface area contributed by atoms with Crippen molar-refractivity contribution in [3.8, 4) is 6.07 Å². The molecule has 1 amide bonds. The van der Waals surface area contributed by atoms with Gasteiger partial charge in [-0.2, -0.15) is 5.26 Å². The number of amides is 1. The van der Waals surface area contributed by atoms with Gasteiger partial charge >= 0.3 is 0 Å². The van der Waals surface area contributed by atoms with Gasteiger partial charge in [0.05, 0.1) is 12.6 Å². The maximum atomic E-state index is 12.7. The van der Waals surface area contributed by atoms with Crippen molar-refractivity contribution in [3.63, 3.8) is 0 Å². The number of nitrogens with zero attached hydrogens (tertiary/aromatic N) is 2. The summed E-state index contributed by atoms with van der Waals surface area (Å²) in [6.07, 6.45) is 5.66. The van der Waals surface area contributed by atoms with E-state index in [1.54, 1.807) is 23.3 Å². The molecule has 20 heavy (non-hydrogen) atoms. The van der Waals surface area contributed by atoms with Crippen molar-refractivity contribution in [3.05, 3.63) is 20.8 Å². The Labute approximate surface area is 132 Å². The molecule has 0 saturated heterocycles. The topological polar surface area (TPSA) is 44.1 Å². The first-order chi connectivity index (χ1) is 9.57. The first kappa shape index (κ1) is 15.5. The third-order valence-electron chi connectivity index (χ3n) is 3.94. The Kier molecular flexibility index (Phi) is 5.22. The lowest BCUT2D eigenvalue weighted by molar-refractivity contribution is -0.138. The van der Waals surface area contributed by atoms with Crippen molar-refractivity contribution in [1.29, 1.82) is 5.26 Å². The first-order valence-corrected chi connectivity index (χ1v) is 8.64. The largest absolute Gasteiger partial charge is 0.339 e. The van der Waals surface area contributed by atoms with Crippen molar-refractivity contribution in [2.45, 2.75) is 45.1 Å². The Hall–Kier alpha value is -0.860. The lowest BCUT2D eigenvalue weighted by atomic mass is 9.80. The van der Waals surface area contributed by atoms with Gasteiger partial charge in [0, 0.05) is 21.8 Å². The number of hydrogen-bond acceptors (Lipinski definition) is 3. The Balaban J connectivity index is 2.09. The van der Waals surface area contributed by atoms with Crippen molar-refractivity contribution in [2.24, 2.45) is 5.41 Å². The van der Waals surface area contributed by atoms with Gasteiger partial charge in [0.25, 0.3) is 0 Å². The fourth-order valence-corrected chi connectivity index (χ4v) is 4.32. The van der Waals surface area contributed by atoms with E-state index in [4.69, 9.17) is 0 Å². The van der Waals surface area contributed by atoms with Crippen molar-refractivity contribution >= 4 is 33.2 Å². The number of rotatable bonds is 3. The summed E-state index contributed by atoms with van der Waals surface area (Å²) in [4.78, 5) is 15.6. The Bertz CT molecular complexity index is 512. The van der Waals surface area contributed by atoms with Crippen LogP contribution in [-0.4, -0.2) is 17.9 Å². The quantitative estimate of drug-likeness (QED) is 0.758. The highest BCUT2D eigenvalue weighted by Gasteiger charge is 2.40. The van der Waals surface area contributed by atoms with Gasteiger partial charge in [-0.15, -0.1) is 11.3 Å². The summed E-state index contributed by atoms with van der Waals surface area (Å²) in [6, 6.07) is 4.36. The smallest absolute Gasteiger partial charge is 0.243 e. The number of carbonyl (C=O) groups excluding carboxylic acids is 1. The number of halogens is 1. The maximum Gasteiger partial charge on any atom is 0.243 e. The van der Waals surface area contributed by atoms with Gasteiger partial charge in [-0.3, -0.25) is 4.79 Å². The molecule has 0 radical (unpaired) electrons. The zero-order valence-electron chi connectivity index (χ0n) is 11.7. The van der Waals surface area contributed by atoms with Crippen LogP contribution in [0.2, 0.25) is 0 Å². The molecule has 0 unspecified atom stereocenters. The van der Waals surface area contributed by atoms with Crippen LogP contribution in [0.25, 0.3) is 0 Å². The molecule has 0 N–H and O–H groups in total. The highest BCUT2D eigenvalue weighted by molar-refractivity contribution is 9.10. The Morgan fingerprint density at radius 2 is 2.10 bits per heavy atom. The van der Waals surface area contributed by atoms with Crippen LogP contribution < -0.4 is 0 Å². The molecular formula is C15H19BrN2OS. The normalized spacial score (nSPS) is 18.1. The van der Waals surface area contributed by atoms with Gasteiger partial charge < -0.3 is 4.90 Å². The molecule has 3 nitrogen and oxygen atoms in total. The summed E-state index contributed by atoms with van der Waals surface area (Å²) in [7, 11) is 1.81. The second-order valence-corrected chi connectivity index (χ2v) is 7.41. The van der Waals surface area contributed by atoms with E-state index in [0.717, 1.165) is 35.0 Å². The minimum atomic E-state index is -0.792. The van der Waals surface area contributed by atoms with E-state index in [9.17, 15) is 10.1 Å². The van der Waals surface area contributed by atoms with Gasteiger partial charge in [-0.05, 0) is 34.8 Å². The fraction of sp³-hybridized carbons (Fsp3) is 0.600. The van der Waals surface area contributed by atoms with Gasteiger partial charge in [0.1, 0.15) is 5.41 Å². The average molecular weight is 355 g/mol. The highest BCUT2D eigenvalue weighted by Crippen LogP contribution is 2.36. The average Bonchev–Trinajstić information content (AvgIpc) is 2.71. The Morgan fingerprint density at radius 1 is 1.45 bits per heavy atom. The molecule has 1 aliphatic rings. The monoisotopic (exact) mass is 354 g/mol. The molecule has 0 aromatic carbocycles. The van der Waals surface area contributed by atoms with E-state index >= 15 is 0 Å². The summed E-state index contributed by atoms with van der Waals surface area (Å²) in [5, 5.41) is 11.6. The van der Waals surface area contributed by atoms with E-state index in [1.807, 2.05) is 11.4 Å². The van der Waals surface area contributed by atoms with Crippen molar-refractivity contribution in [1.82, 2.24) is 4.90 Å². The number of hydrogen-bond donors (Lipinski definition) is 0. The van der Waals surface area contributed by atoms with Gasteiger partial charge in [0.15, 0.2) is 0 Å². The van der Waals surface area contributed by atoms with Crippen LogP contribution in [0, 0.1) is 16.7 Å². The van der Waals surface area contributed by atoms with Crippen LogP contribution in [0.15, 0.2) is 15.9 Å². The van der Waals surface area contributed by atoms with E-state index in [2.05, 4.69) is 22.0 Å². The van der Waals surface area contributed by atoms with Crippen molar-refractivity contribution in [2.75, 3.05) is 7.05 Å². The van der Waals surface area contributed by atoms with Crippen LogP contribution in [0.5, 0.6) is 0 Å². The molecule has 1 aromatic heterocycles. The van der Waals surface area contributed by atoms with Gasteiger partial charge in [-0.1, -0.05) is 25.7 Å². The molecule has 0 spiro atoms. The Morgan fingerprint density at radius 3 is 2.60 bits per heavy atom.